The monoisotopic (exact) mass is 858 g/mol. The predicted molar refractivity (Wildman–Crippen MR) is 245 cm³/mol. The molecule has 0 spiro atoms. The topological polar surface area (TPSA) is 111 Å². The van der Waals surface area contributed by atoms with Crippen molar-refractivity contribution in [2.24, 2.45) is 0 Å². The lowest BCUT2D eigenvalue weighted by molar-refractivity contribution is -0.870. The van der Waals surface area contributed by atoms with E-state index in [1.807, 2.05) is 21.1 Å². The average molecular weight is 858 g/mol. The van der Waals surface area contributed by atoms with Gasteiger partial charge in [0, 0.05) is 12.8 Å². The van der Waals surface area contributed by atoms with Gasteiger partial charge in [-0.1, -0.05) is 199 Å². The number of unbranched alkanes of at least 4 members (excludes halogenated alkanes) is 30. The van der Waals surface area contributed by atoms with Gasteiger partial charge < -0.3 is 27.9 Å². The minimum Gasteiger partial charge on any atom is -0.756 e. The number of phosphoric ester groups is 1. The van der Waals surface area contributed by atoms with E-state index >= 15 is 0 Å². The minimum atomic E-state index is -4.62. The Morgan fingerprint density at radius 3 is 1.27 bits per heavy atom. The van der Waals surface area contributed by atoms with E-state index in [1.54, 1.807) is 0 Å². The maximum atomic E-state index is 12.7. The summed E-state index contributed by atoms with van der Waals surface area (Å²) in [5.74, 6) is -0.840. The first-order chi connectivity index (χ1) is 28.5. The van der Waals surface area contributed by atoms with E-state index < -0.39 is 32.5 Å². The van der Waals surface area contributed by atoms with Crippen LogP contribution in [0, 0.1) is 0 Å². The first-order valence-electron chi connectivity index (χ1n) is 24.9. The van der Waals surface area contributed by atoms with Crippen LogP contribution in [0.2, 0.25) is 0 Å². The van der Waals surface area contributed by atoms with Crippen molar-refractivity contribution in [3.63, 3.8) is 0 Å². The summed E-state index contributed by atoms with van der Waals surface area (Å²) in [6.45, 7) is 4.24. The first kappa shape index (κ1) is 57.8. The highest BCUT2D eigenvalue weighted by molar-refractivity contribution is 7.45. The van der Waals surface area contributed by atoms with Gasteiger partial charge in [0.25, 0.3) is 7.82 Å². The molecule has 0 heterocycles. The Labute approximate surface area is 365 Å². The van der Waals surface area contributed by atoms with Crippen LogP contribution in [0.4, 0.5) is 0 Å². The van der Waals surface area contributed by atoms with E-state index in [1.165, 1.54) is 161 Å². The lowest BCUT2D eigenvalue weighted by Gasteiger charge is -2.28. The second kappa shape index (κ2) is 42.1. The van der Waals surface area contributed by atoms with Gasteiger partial charge in [-0.2, -0.15) is 0 Å². The third-order valence-electron chi connectivity index (χ3n) is 11.0. The van der Waals surface area contributed by atoms with Gasteiger partial charge in [0.05, 0.1) is 27.7 Å². The van der Waals surface area contributed by atoms with Crippen LogP contribution in [-0.4, -0.2) is 70.0 Å². The largest absolute Gasteiger partial charge is 0.756 e. The highest BCUT2D eigenvalue weighted by Crippen LogP contribution is 2.38. The molecule has 0 amide bonds. The molecule has 59 heavy (non-hydrogen) atoms. The van der Waals surface area contributed by atoms with Gasteiger partial charge in [0.15, 0.2) is 6.10 Å². The number of carbonyl (C=O) groups is 2. The molecule has 0 saturated carbocycles. The summed E-state index contributed by atoms with van der Waals surface area (Å²) in [4.78, 5) is 37.6. The highest BCUT2D eigenvalue weighted by atomic mass is 31.2. The molecule has 0 N–H and O–H groups in total. The average Bonchev–Trinajstić information content (AvgIpc) is 3.19. The van der Waals surface area contributed by atoms with E-state index in [9.17, 15) is 19.0 Å². The number of allylic oxidation sites excluding steroid dienone is 2. The second-order valence-electron chi connectivity index (χ2n) is 18.2. The standard InChI is InChI=1S/C49H96NO8P/c1-6-8-10-12-14-16-18-20-21-22-23-24-25-26-27-28-30-32-34-36-38-40-42-49(52)58-47(46-57-59(53,54)56-44-43-50(3,4)5)45-55-48(51)41-39-37-35-33-31-29-19-17-15-13-11-9-7-2/h29,31,47H,6-28,30,32-46H2,1-5H3/b31-29+/t47-/m1/s1. The number of esters is 2. The lowest BCUT2D eigenvalue weighted by atomic mass is 10.0. The number of carbonyl (C=O) groups excluding carboxylic acids is 2. The van der Waals surface area contributed by atoms with Gasteiger partial charge in [-0.05, 0) is 38.5 Å². The lowest BCUT2D eigenvalue weighted by Crippen LogP contribution is -2.37. The highest BCUT2D eigenvalue weighted by Gasteiger charge is 2.21. The number of hydrogen-bond donors (Lipinski definition) is 0. The normalized spacial score (nSPS) is 13.5. The van der Waals surface area contributed by atoms with Crippen LogP contribution in [-0.2, 0) is 32.7 Å². The SMILES string of the molecule is CCCCCCCC/C=C/CCCCCC(=O)OC[C@H](COP(=O)([O-])OCC[N+](C)(C)C)OC(=O)CCCCCCCCCCCCCCCCCCCCCCCC. The number of likely N-dealkylation sites (N-methyl/N-ethyl adjacent to an activating group) is 1. The van der Waals surface area contributed by atoms with Crippen LogP contribution in [0.25, 0.3) is 0 Å². The molecule has 1 unspecified atom stereocenters. The number of phosphoric acid groups is 1. The number of rotatable bonds is 46. The van der Waals surface area contributed by atoms with Crippen molar-refractivity contribution in [2.45, 2.75) is 245 Å². The fourth-order valence-corrected chi connectivity index (χ4v) is 7.85. The maximum absolute atomic E-state index is 12.7. The summed E-state index contributed by atoms with van der Waals surface area (Å²) in [7, 11) is 1.17. The molecule has 0 aliphatic carbocycles. The number of quaternary nitrogens is 1. The molecular formula is C49H96NO8P. The Morgan fingerprint density at radius 1 is 0.508 bits per heavy atom. The Bertz CT molecular complexity index is 1020. The molecule has 0 rings (SSSR count). The smallest absolute Gasteiger partial charge is 0.306 e. The van der Waals surface area contributed by atoms with Crippen molar-refractivity contribution >= 4 is 19.8 Å². The minimum absolute atomic E-state index is 0.0296. The van der Waals surface area contributed by atoms with E-state index in [-0.39, 0.29) is 26.1 Å². The van der Waals surface area contributed by atoms with E-state index in [2.05, 4.69) is 26.0 Å². The molecule has 9 nitrogen and oxygen atoms in total. The summed E-state index contributed by atoms with van der Waals surface area (Å²) < 4.78 is 34.0. The molecule has 0 aliphatic rings. The first-order valence-corrected chi connectivity index (χ1v) is 26.4. The molecule has 0 saturated heterocycles. The Kier molecular flexibility index (Phi) is 41.2. The van der Waals surface area contributed by atoms with Crippen molar-refractivity contribution in [2.75, 3.05) is 47.5 Å². The molecule has 0 fully saturated rings. The fraction of sp³-hybridized carbons (Fsp3) is 0.918. The molecular weight excluding hydrogens is 762 g/mol. The molecule has 350 valence electrons. The molecule has 0 aliphatic heterocycles. The quantitative estimate of drug-likeness (QED) is 0.0196. The molecule has 0 radical (unpaired) electrons. The van der Waals surface area contributed by atoms with Crippen LogP contribution < -0.4 is 4.89 Å². The zero-order chi connectivity index (χ0) is 43.6. The van der Waals surface area contributed by atoms with Crippen molar-refractivity contribution in [1.29, 1.82) is 0 Å². The molecule has 10 heteroatoms. The van der Waals surface area contributed by atoms with E-state index in [0.29, 0.717) is 23.9 Å². The predicted octanol–water partition coefficient (Wildman–Crippen LogP) is 13.9. The van der Waals surface area contributed by atoms with E-state index in [4.69, 9.17) is 18.5 Å². The van der Waals surface area contributed by atoms with Gasteiger partial charge in [-0.3, -0.25) is 14.2 Å². The summed E-state index contributed by atoms with van der Waals surface area (Å²) in [6, 6.07) is 0. The Hall–Kier alpha value is -1.25. The molecule has 0 bridgehead atoms. The van der Waals surface area contributed by atoms with Crippen LogP contribution in [0.15, 0.2) is 12.2 Å². The van der Waals surface area contributed by atoms with Gasteiger partial charge in [0.1, 0.15) is 19.8 Å². The zero-order valence-corrected chi connectivity index (χ0v) is 40.4. The van der Waals surface area contributed by atoms with Gasteiger partial charge >= 0.3 is 11.9 Å². The van der Waals surface area contributed by atoms with Crippen LogP contribution >= 0.6 is 7.82 Å². The summed E-state index contributed by atoms with van der Waals surface area (Å²) in [6.07, 6.45) is 45.3. The van der Waals surface area contributed by atoms with Crippen LogP contribution in [0.5, 0.6) is 0 Å². The van der Waals surface area contributed by atoms with Crippen molar-refractivity contribution in [3.05, 3.63) is 12.2 Å². The zero-order valence-electron chi connectivity index (χ0n) is 39.5. The third kappa shape index (κ3) is 46.1. The van der Waals surface area contributed by atoms with Gasteiger partial charge in [-0.15, -0.1) is 0 Å². The molecule has 0 aromatic rings. The number of nitrogens with zero attached hydrogens (tertiary/aromatic N) is 1. The van der Waals surface area contributed by atoms with Gasteiger partial charge in [-0.25, -0.2) is 0 Å². The summed E-state index contributed by atoms with van der Waals surface area (Å²) in [5, 5.41) is 0. The number of hydrogen-bond acceptors (Lipinski definition) is 8. The van der Waals surface area contributed by atoms with Crippen molar-refractivity contribution < 1.29 is 42.1 Å². The fourth-order valence-electron chi connectivity index (χ4n) is 7.12. The van der Waals surface area contributed by atoms with E-state index in [0.717, 1.165) is 38.5 Å². The van der Waals surface area contributed by atoms with Crippen molar-refractivity contribution in [1.82, 2.24) is 0 Å². The summed E-state index contributed by atoms with van der Waals surface area (Å²) >= 11 is 0. The second-order valence-corrected chi connectivity index (χ2v) is 19.6. The molecule has 0 aromatic carbocycles. The Balaban J connectivity index is 4.20. The Morgan fingerprint density at radius 2 is 0.864 bits per heavy atom. The van der Waals surface area contributed by atoms with Crippen molar-refractivity contribution in [3.8, 4) is 0 Å². The molecule has 2 atom stereocenters. The van der Waals surface area contributed by atoms with Crippen LogP contribution in [0.3, 0.4) is 0 Å². The summed E-state index contributed by atoms with van der Waals surface area (Å²) in [5.41, 5.74) is 0. The van der Waals surface area contributed by atoms with Crippen LogP contribution in [0.1, 0.15) is 239 Å². The molecule has 0 aromatic heterocycles. The third-order valence-corrected chi connectivity index (χ3v) is 12.0. The number of ether oxygens (including phenoxy) is 2. The van der Waals surface area contributed by atoms with Gasteiger partial charge in [0.2, 0.25) is 0 Å². The maximum Gasteiger partial charge on any atom is 0.306 e.